The van der Waals surface area contributed by atoms with Gasteiger partial charge >= 0.3 is 0 Å². The fourth-order valence-corrected chi connectivity index (χ4v) is 4.00. The summed E-state index contributed by atoms with van der Waals surface area (Å²) in [6.45, 7) is 4.23. The van der Waals surface area contributed by atoms with Gasteiger partial charge in [-0.3, -0.25) is 4.79 Å². The van der Waals surface area contributed by atoms with E-state index >= 15 is 0 Å². The molecule has 2 N–H and O–H groups in total. The van der Waals surface area contributed by atoms with Crippen molar-refractivity contribution in [2.24, 2.45) is 0 Å². The van der Waals surface area contributed by atoms with E-state index in [1.54, 1.807) is 6.92 Å². The lowest BCUT2D eigenvalue weighted by Gasteiger charge is -2.25. The lowest BCUT2D eigenvalue weighted by Crippen LogP contribution is -2.37. The van der Waals surface area contributed by atoms with Crippen molar-refractivity contribution in [1.29, 1.82) is 0 Å². The number of aliphatic hydroxyl groups is 1. The van der Waals surface area contributed by atoms with Crippen molar-refractivity contribution >= 4 is 49.1 Å². The van der Waals surface area contributed by atoms with Crippen LogP contribution in [-0.2, 0) is 4.79 Å². The van der Waals surface area contributed by atoms with E-state index in [0.717, 1.165) is 20.2 Å². The number of carbonyl (C=O) groups excluding carboxylic acids is 1. The Morgan fingerprint density at radius 2 is 1.79 bits per heavy atom. The first-order chi connectivity index (χ1) is 11.4. The summed E-state index contributed by atoms with van der Waals surface area (Å²) < 4.78 is 1.65. The number of rotatable bonds is 6. The second kappa shape index (κ2) is 8.65. The van der Waals surface area contributed by atoms with Crippen molar-refractivity contribution in [1.82, 2.24) is 0 Å². The first kappa shape index (κ1) is 19.0. The average Bonchev–Trinajstić information content (AvgIpc) is 2.50. The number of para-hydroxylation sites is 1. The number of hydrogen-bond donors (Lipinski definition) is 2. The molecule has 0 saturated carbocycles. The molecule has 1 amide bonds. The van der Waals surface area contributed by atoms with Gasteiger partial charge in [-0.15, -0.1) is 0 Å². The molecule has 0 aliphatic carbocycles. The van der Waals surface area contributed by atoms with Gasteiger partial charge in [0.2, 0.25) is 5.91 Å². The standard InChI is InChI=1S/C18H20Br2N2O2/c1-12-8-15(19)18(16(20)9-12)21-17(24)11-22(10-13(2)23)14-6-4-3-5-7-14/h3-9,13,23H,10-11H2,1-2H3,(H,21,24). The molecular formula is C18H20Br2N2O2. The van der Waals surface area contributed by atoms with Crippen molar-refractivity contribution in [2.45, 2.75) is 20.0 Å². The quantitative estimate of drug-likeness (QED) is 0.680. The van der Waals surface area contributed by atoms with Crippen LogP contribution >= 0.6 is 31.9 Å². The fourth-order valence-electron chi connectivity index (χ4n) is 2.39. The normalized spacial score (nSPS) is 11.9. The van der Waals surface area contributed by atoms with Gasteiger partial charge in [0.25, 0.3) is 0 Å². The number of halogens is 2. The van der Waals surface area contributed by atoms with Crippen molar-refractivity contribution in [3.8, 4) is 0 Å². The van der Waals surface area contributed by atoms with E-state index in [1.807, 2.05) is 54.3 Å². The molecule has 0 heterocycles. The summed E-state index contributed by atoms with van der Waals surface area (Å²) in [6, 6.07) is 13.5. The summed E-state index contributed by atoms with van der Waals surface area (Å²) in [5.41, 5.74) is 2.69. The van der Waals surface area contributed by atoms with Crippen molar-refractivity contribution < 1.29 is 9.90 Å². The van der Waals surface area contributed by atoms with Crippen LogP contribution in [0.4, 0.5) is 11.4 Å². The van der Waals surface area contributed by atoms with Crippen LogP contribution in [0.1, 0.15) is 12.5 Å². The third kappa shape index (κ3) is 5.33. The van der Waals surface area contributed by atoms with Gasteiger partial charge in [0, 0.05) is 21.2 Å². The Balaban J connectivity index is 2.14. The SMILES string of the molecule is Cc1cc(Br)c(NC(=O)CN(CC(C)O)c2ccccc2)c(Br)c1. The van der Waals surface area contributed by atoms with Crippen LogP contribution in [0.15, 0.2) is 51.4 Å². The predicted octanol–water partition coefficient (Wildman–Crippen LogP) is 4.35. The summed E-state index contributed by atoms with van der Waals surface area (Å²) in [5, 5.41) is 12.6. The number of benzene rings is 2. The zero-order chi connectivity index (χ0) is 17.7. The van der Waals surface area contributed by atoms with Gasteiger partial charge in [-0.1, -0.05) is 18.2 Å². The fraction of sp³-hybridized carbons (Fsp3) is 0.278. The molecule has 0 radical (unpaired) electrons. The van der Waals surface area contributed by atoms with Crippen molar-refractivity contribution in [3.05, 3.63) is 57.0 Å². The molecule has 6 heteroatoms. The molecule has 0 aliphatic rings. The van der Waals surface area contributed by atoms with Gasteiger partial charge in [0.15, 0.2) is 0 Å². The van der Waals surface area contributed by atoms with Crippen LogP contribution in [0.25, 0.3) is 0 Å². The Morgan fingerprint density at radius 1 is 1.21 bits per heavy atom. The highest BCUT2D eigenvalue weighted by atomic mass is 79.9. The summed E-state index contributed by atoms with van der Waals surface area (Å²) in [5.74, 6) is -0.148. The highest BCUT2D eigenvalue weighted by Gasteiger charge is 2.16. The number of carbonyl (C=O) groups is 1. The molecule has 2 rings (SSSR count). The van der Waals surface area contributed by atoms with Crippen LogP contribution in [0.5, 0.6) is 0 Å². The molecule has 0 fully saturated rings. The number of aliphatic hydroxyl groups excluding tert-OH is 1. The zero-order valence-corrected chi connectivity index (χ0v) is 16.8. The van der Waals surface area contributed by atoms with E-state index in [-0.39, 0.29) is 12.5 Å². The molecule has 0 saturated heterocycles. The highest BCUT2D eigenvalue weighted by Crippen LogP contribution is 2.32. The molecule has 1 atom stereocenters. The van der Waals surface area contributed by atoms with Crippen LogP contribution < -0.4 is 10.2 Å². The molecule has 128 valence electrons. The largest absolute Gasteiger partial charge is 0.392 e. The third-order valence-corrected chi connectivity index (χ3v) is 4.64. The second-order valence-corrected chi connectivity index (χ2v) is 7.43. The van der Waals surface area contributed by atoms with E-state index in [1.165, 1.54) is 0 Å². The van der Waals surface area contributed by atoms with Crippen molar-refractivity contribution in [2.75, 3.05) is 23.3 Å². The Morgan fingerprint density at radius 3 is 2.33 bits per heavy atom. The number of nitrogens with zero attached hydrogens (tertiary/aromatic N) is 1. The minimum atomic E-state index is -0.532. The number of anilines is 2. The molecule has 0 spiro atoms. The number of aryl methyl sites for hydroxylation is 1. The van der Waals surface area contributed by atoms with Crippen LogP contribution in [-0.4, -0.2) is 30.2 Å². The molecule has 2 aromatic carbocycles. The Labute approximate surface area is 159 Å². The minimum Gasteiger partial charge on any atom is -0.392 e. The van der Waals surface area contributed by atoms with Crippen LogP contribution in [0.3, 0.4) is 0 Å². The van der Waals surface area contributed by atoms with E-state index < -0.39 is 6.10 Å². The van der Waals surface area contributed by atoms with E-state index in [0.29, 0.717) is 12.2 Å². The Hall–Kier alpha value is -1.37. The van der Waals surface area contributed by atoms with Crippen LogP contribution in [0, 0.1) is 6.92 Å². The molecular weight excluding hydrogens is 436 g/mol. The molecule has 4 nitrogen and oxygen atoms in total. The number of nitrogens with one attached hydrogen (secondary N) is 1. The molecule has 1 unspecified atom stereocenters. The monoisotopic (exact) mass is 454 g/mol. The summed E-state index contributed by atoms with van der Waals surface area (Å²) >= 11 is 6.96. The summed E-state index contributed by atoms with van der Waals surface area (Å²) in [6.07, 6.45) is -0.532. The molecule has 0 aliphatic heterocycles. The molecule has 24 heavy (non-hydrogen) atoms. The molecule has 2 aromatic rings. The van der Waals surface area contributed by atoms with Gasteiger partial charge in [0.1, 0.15) is 0 Å². The second-order valence-electron chi connectivity index (χ2n) is 5.72. The highest BCUT2D eigenvalue weighted by molar-refractivity contribution is 9.11. The lowest BCUT2D eigenvalue weighted by atomic mass is 10.2. The molecule has 0 aromatic heterocycles. The first-order valence-electron chi connectivity index (χ1n) is 7.60. The summed E-state index contributed by atoms with van der Waals surface area (Å²) in [4.78, 5) is 14.3. The smallest absolute Gasteiger partial charge is 0.243 e. The van der Waals surface area contributed by atoms with Gasteiger partial charge in [0.05, 0.1) is 18.3 Å². The number of hydrogen-bond acceptors (Lipinski definition) is 3. The average molecular weight is 456 g/mol. The van der Waals surface area contributed by atoms with E-state index in [4.69, 9.17) is 0 Å². The van der Waals surface area contributed by atoms with Gasteiger partial charge < -0.3 is 15.3 Å². The topological polar surface area (TPSA) is 52.6 Å². The van der Waals surface area contributed by atoms with Gasteiger partial charge in [-0.25, -0.2) is 0 Å². The van der Waals surface area contributed by atoms with Crippen LogP contribution in [0.2, 0.25) is 0 Å². The van der Waals surface area contributed by atoms with Gasteiger partial charge in [-0.2, -0.15) is 0 Å². The lowest BCUT2D eigenvalue weighted by molar-refractivity contribution is -0.115. The first-order valence-corrected chi connectivity index (χ1v) is 9.19. The van der Waals surface area contributed by atoms with Gasteiger partial charge in [-0.05, 0) is 75.5 Å². The Kier molecular flexibility index (Phi) is 6.83. The minimum absolute atomic E-state index is 0.148. The maximum Gasteiger partial charge on any atom is 0.243 e. The molecule has 0 bridgehead atoms. The summed E-state index contributed by atoms with van der Waals surface area (Å²) in [7, 11) is 0. The van der Waals surface area contributed by atoms with E-state index in [9.17, 15) is 9.90 Å². The van der Waals surface area contributed by atoms with Crippen molar-refractivity contribution in [3.63, 3.8) is 0 Å². The maximum atomic E-state index is 12.5. The maximum absolute atomic E-state index is 12.5. The number of amides is 1. The zero-order valence-electron chi connectivity index (χ0n) is 13.6. The third-order valence-electron chi connectivity index (χ3n) is 3.39. The Bertz CT molecular complexity index is 682. The predicted molar refractivity (Wildman–Crippen MR) is 106 cm³/mol. The van der Waals surface area contributed by atoms with E-state index in [2.05, 4.69) is 37.2 Å².